The minimum absolute atomic E-state index is 0.0131. The van der Waals surface area contributed by atoms with Gasteiger partial charge in [0.15, 0.2) is 5.69 Å². The summed E-state index contributed by atoms with van der Waals surface area (Å²) in [5.74, 6) is 0.351. The van der Waals surface area contributed by atoms with Crippen molar-refractivity contribution in [1.82, 2.24) is 9.97 Å². The topological polar surface area (TPSA) is 66.3 Å². The summed E-state index contributed by atoms with van der Waals surface area (Å²) < 4.78 is 0. The Hall–Kier alpha value is -1.65. The quantitative estimate of drug-likeness (QED) is 0.900. The fraction of sp³-hybridized carbons (Fsp3) is 0.667. The van der Waals surface area contributed by atoms with E-state index in [1.165, 1.54) is 12.6 Å². The summed E-state index contributed by atoms with van der Waals surface area (Å²) >= 11 is 0. The minimum atomic E-state index is -1.03. The molecule has 5 nitrogen and oxygen atoms in total. The van der Waals surface area contributed by atoms with Gasteiger partial charge in [-0.05, 0) is 30.6 Å². The molecule has 1 saturated heterocycles. The van der Waals surface area contributed by atoms with Gasteiger partial charge in [0, 0.05) is 13.1 Å². The van der Waals surface area contributed by atoms with Crippen LogP contribution in [0.15, 0.2) is 12.4 Å². The van der Waals surface area contributed by atoms with Crippen LogP contribution < -0.4 is 4.90 Å². The number of nitrogens with zero attached hydrogens (tertiary/aromatic N) is 3. The fourth-order valence-electron chi connectivity index (χ4n) is 2.80. The van der Waals surface area contributed by atoms with Crippen LogP contribution in [-0.2, 0) is 0 Å². The van der Waals surface area contributed by atoms with E-state index in [9.17, 15) is 4.79 Å². The van der Waals surface area contributed by atoms with Gasteiger partial charge in [0.25, 0.3) is 0 Å². The molecule has 1 aliphatic heterocycles. The van der Waals surface area contributed by atoms with Crippen molar-refractivity contribution in [3.63, 3.8) is 0 Å². The number of carboxylic acids is 1. The lowest BCUT2D eigenvalue weighted by molar-refractivity contribution is 0.0690. The predicted molar refractivity (Wildman–Crippen MR) is 78.0 cm³/mol. The number of rotatable bonds is 2. The van der Waals surface area contributed by atoms with Crippen LogP contribution in [0.1, 0.15) is 50.5 Å². The van der Waals surface area contributed by atoms with E-state index in [4.69, 9.17) is 5.11 Å². The SMILES string of the molecule is CC(C)(C)C1CCCN(c2cncc(C(=O)O)n2)CC1. The molecule has 2 rings (SSSR count). The molecule has 0 aromatic carbocycles. The average molecular weight is 277 g/mol. The first-order valence-electron chi connectivity index (χ1n) is 7.18. The minimum Gasteiger partial charge on any atom is -0.476 e. The molecule has 110 valence electrons. The molecule has 1 unspecified atom stereocenters. The van der Waals surface area contributed by atoms with Gasteiger partial charge in [0.1, 0.15) is 5.82 Å². The average Bonchev–Trinajstić information content (AvgIpc) is 2.64. The molecule has 1 aliphatic rings. The Labute approximate surface area is 120 Å². The first-order valence-corrected chi connectivity index (χ1v) is 7.18. The van der Waals surface area contributed by atoms with E-state index in [0.717, 1.165) is 25.9 Å². The number of anilines is 1. The van der Waals surface area contributed by atoms with Gasteiger partial charge in [0.2, 0.25) is 0 Å². The molecule has 0 bridgehead atoms. The summed E-state index contributed by atoms with van der Waals surface area (Å²) in [6, 6.07) is 0. The van der Waals surface area contributed by atoms with Crippen molar-refractivity contribution in [2.75, 3.05) is 18.0 Å². The van der Waals surface area contributed by atoms with Crippen LogP contribution in [0.4, 0.5) is 5.82 Å². The van der Waals surface area contributed by atoms with E-state index in [2.05, 4.69) is 35.6 Å². The van der Waals surface area contributed by atoms with E-state index in [1.807, 2.05) is 0 Å². The van der Waals surface area contributed by atoms with Crippen molar-refractivity contribution >= 4 is 11.8 Å². The van der Waals surface area contributed by atoms with E-state index in [1.54, 1.807) is 6.20 Å². The van der Waals surface area contributed by atoms with E-state index >= 15 is 0 Å². The largest absolute Gasteiger partial charge is 0.476 e. The molecular formula is C15H23N3O2. The Morgan fingerprint density at radius 3 is 2.70 bits per heavy atom. The number of hydrogen-bond donors (Lipinski definition) is 1. The van der Waals surface area contributed by atoms with Gasteiger partial charge in [-0.1, -0.05) is 20.8 Å². The molecule has 20 heavy (non-hydrogen) atoms. The van der Waals surface area contributed by atoms with E-state index < -0.39 is 5.97 Å². The lowest BCUT2D eigenvalue weighted by Gasteiger charge is -2.29. The third-order valence-corrected chi connectivity index (χ3v) is 4.12. The second kappa shape index (κ2) is 5.77. The van der Waals surface area contributed by atoms with Gasteiger partial charge >= 0.3 is 5.97 Å². The van der Waals surface area contributed by atoms with Crippen LogP contribution in [0.2, 0.25) is 0 Å². The fourth-order valence-corrected chi connectivity index (χ4v) is 2.80. The van der Waals surface area contributed by atoms with Crippen LogP contribution in [0.5, 0.6) is 0 Å². The molecule has 0 radical (unpaired) electrons. The highest BCUT2D eigenvalue weighted by molar-refractivity contribution is 5.85. The van der Waals surface area contributed by atoms with Crippen LogP contribution >= 0.6 is 0 Å². The maximum Gasteiger partial charge on any atom is 0.356 e. The van der Waals surface area contributed by atoms with E-state index in [-0.39, 0.29) is 5.69 Å². The second-order valence-corrected chi connectivity index (χ2v) is 6.55. The number of hydrogen-bond acceptors (Lipinski definition) is 4. The van der Waals surface area contributed by atoms with Gasteiger partial charge in [-0.15, -0.1) is 0 Å². The van der Waals surface area contributed by atoms with Crippen molar-refractivity contribution in [3.05, 3.63) is 18.1 Å². The molecule has 1 atom stereocenters. The zero-order chi connectivity index (χ0) is 14.8. The Kier molecular flexibility index (Phi) is 4.26. The molecule has 1 fully saturated rings. The highest BCUT2D eigenvalue weighted by Gasteiger charge is 2.27. The molecule has 1 aromatic heterocycles. The standard InChI is InChI=1S/C15H23N3O2/c1-15(2,3)11-5-4-7-18(8-6-11)13-10-16-9-12(17-13)14(19)20/h9-11H,4-8H2,1-3H3,(H,19,20). The van der Waals surface area contributed by atoms with Crippen LogP contribution in [0.3, 0.4) is 0 Å². The van der Waals surface area contributed by atoms with Crippen LogP contribution in [0.25, 0.3) is 0 Å². The summed E-state index contributed by atoms with van der Waals surface area (Å²) in [6.07, 6.45) is 6.39. The molecule has 0 saturated carbocycles. The highest BCUT2D eigenvalue weighted by Crippen LogP contribution is 2.34. The summed E-state index contributed by atoms with van der Waals surface area (Å²) in [7, 11) is 0. The zero-order valence-electron chi connectivity index (χ0n) is 12.5. The molecule has 0 aliphatic carbocycles. The lowest BCUT2D eigenvalue weighted by Crippen LogP contribution is -2.27. The van der Waals surface area contributed by atoms with Crippen molar-refractivity contribution in [3.8, 4) is 0 Å². The first kappa shape index (κ1) is 14.8. The van der Waals surface area contributed by atoms with Gasteiger partial charge in [-0.25, -0.2) is 9.78 Å². The lowest BCUT2D eigenvalue weighted by atomic mass is 9.77. The van der Waals surface area contributed by atoms with Crippen molar-refractivity contribution < 1.29 is 9.90 Å². The third kappa shape index (κ3) is 3.46. The van der Waals surface area contributed by atoms with Crippen molar-refractivity contribution in [2.45, 2.75) is 40.0 Å². The van der Waals surface area contributed by atoms with Crippen molar-refractivity contribution in [2.24, 2.45) is 11.3 Å². The smallest absolute Gasteiger partial charge is 0.356 e. The molecular weight excluding hydrogens is 254 g/mol. The first-order chi connectivity index (χ1) is 9.38. The Morgan fingerprint density at radius 1 is 1.30 bits per heavy atom. The molecule has 0 amide bonds. The monoisotopic (exact) mass is 277 g/mol. The van der Waals surface area contributed by atoms with Crippen LogP contribution in [0, 0.1) is 11.3 Å². The second-order valence-electron chi connectivity index (χ2n) is 6.55. The molecule has 0 spiro atoms. The van der Waals surface area contributed by atoms with Gasteiger partial charge in [0.05, 0.1) is 12.4 Å². The summed E-state index contributed by atoms with van der Waals surface area (Å²) in [4.78, 5) is 21.3. The normalized spacial score (nSPS) is 20.6. The summed E-state index contributed by atoms with van der Waals surface area (Å²) in [6.45, 7) is 8.71. The number of aromatic nitrogens is 2. The third-order valence-electron chi connectivity index (χ3n) is 4.12. The van der Waals surface area contributed by atoms with Crippen molar-refractivity contribution in [1.29, 1.82) is 0 Å². The molecule has 1 aromatic rings. The predicted octanol–water partition coefficient (Wildman–Crippen LogP) is 2.83. The Bertz CT molecular complexity index is 482. The summed E-state index contributed by atoms with van der Waals surface area (Å²) in [5.41, 5.74) is 0.337. The number of carboxylic acid groups (broad SMARTS) is 1. The number of aromatic carboxylic acids is 1. The van der Waals surface area contributed by atoms with Gasteiger partial charge < -0.3 is 10.0 Å². The van der Waals surface area contributed by atoms with Gasteiger partial charge in [-0.2, -0.15) is 0 Å². The Balaban J connectivity index is 2.11. The molecule has 1 N–H and O–H groups in total. The maximum absolute atomic E-state index is 11.0. The zero-order valence-corrected chi connectivity index (χ0v) is 12.5. The molecule has 5 heteroatoms. The number of carbonyl (C=O) groups is 1. The summed E-state index contributed by atoms with van der Waals surface area (Å²) in [5, 5.41) is 8.99. The molecule has 2 heterocycles. The maximum atomic E-state index is 11.0. The van der Waals surface area contributed by atoms with Crippen LogP contribution in [-0.4, -0.2) is 34.1 Å². The Morgan fingerprint density at radius 2 is 2.05 bits per heavy atom. The van der Waals surface area contributed by atoms with Gasteiger partial charge in [-0.3, -0.25) is 4.98 Å². The highest BCUT2D eigenvalue weighted by atomic mass is 16.4. The van der Waals surface area contributed by atoms with E-state index in [0.29, 0.717) is 17.2 Å².